The van der Waals surface area contributed by atoms with Crippen LogP contribution in [0.1, 0.15) is 5.56 Å². The van der Waals surface area contributed by atoms with Crippen molar-refractivity contribution < 1.29 is 13.5 Å². The first-order valence-corrected chi connectivity index (χ1v) is 13.9. The number of nitrogens with zero attached hydrogens (tertiary/aromatic N) is 3. The molecular weight excluding hydrogens is 651 g/mol. The summed E-state index contributed by atoms with van der Waals surface area (Å²) in [4.78, 5) is 22.3. The van der Waals surface area contributed by atoms with Crippen molar-refractivity contribution in [2.75, 3.05) is 11.1 Å². The molecule has 3 aromatic heterocycles. The fourth-order valence-corrected chi connectivity index (χ4v) is 5.04. The number of hydrogen-bond acceptors (Lipinski definition) is 6. The first-order chi connectivity index (χ1) is 20.4. The molecule has 208 valence electrons. The van der Waals surface area contributed by atoms with E-state index in [0.29, 0.717) is 43.6 Å². The molecule has 0 aliphatic carbocycles. The molecule has 10 heteroatoms. The number of anilines is 3. The molecule has 0 atom stereocenters. The monoisotopic (exact) mass is 673 g/mol. The summed E-state index contributed by atoms with van der Waals surface area (Å²) in [5.41, 5.74) is 8.53. The maximum absolute atomic E-state index is 15.2. The van der Waals surface area contributed by atoms with E-state index in [4.69, 9.17) is 10.5 Å². The van der Waals surface area contributed by atoms with Gasteiger partial charge in [0.15, 0.2) is 11.6 Å². The van der Waals surface area contributed by atoms with Gasteiger partial charge in [0, 0.05) is 48.5 Å². The Morgan fingerprint density at radius 2 is 1.67 bits per heavy atom. The number of ether oxygens (including phenoxy) is 1. The summed E-state index contributed by atoms with van der Waals surface area (Å²) < 4.78 is 37.1. The van der Waals surface area contributed by atoms with Crippen LogP contribution in [0.5, 0.6) is 11.5 Å². The van der Waals surface area contributed by atoms with E-state index >= 15 is 4.39 Å². The number of nitrogen functional groups attached to an aromatic ring is 1. The normalized spacial score (nSPS) is 11.0. The molecule has 3 aromatic carbocycles. The van der Waals surface area contributed by atoms with E-state index in [1.165, 1.54) is 30.5 Å². The SMILES string of the molecule is Nc1nccc(Oc2ccc(Nc3nccc4c3c(=O)c(-c3ccc(F)cc3)cn4Cc3ccccc3)cc2F)c1I. The first kappa shape index (κ1) is 27.3. The average Bonchev–Trinajstić information content (AvgIpc) is 2.99. The standard InChI is InChI=1S/C32H22F2IN5O2/c33-21-8-6-20(7-9-21)23-18-40(17-19-4-2-1-3-5-19)25-12-14-38-32(28(25)30(23)41)39-22-10-11-26(24(34)16-22)42-27-13-15-37-31(36)29(27)35/h1-16,18H,17H2,(H2,36,37)(H,38,39). The van der Waals surface area contributed by atoms with Crippen LogP contribution in [-0.4, -0.2) is 14.5 Å². The molecule has 6 aromatic rings. The fraction of sp³-hybridized carbons (Fsp3) is 0.0312. The molecule has 0 saturated heterocycles. The molecule has 0 aliphatic rings. The van der Waals surface area contributed by atoms with Crippen molar-refractivity contribution in [3.05, 3.63) is 135 Å². The molecule has 6 rings (SSSR count). The van der Waals surface area contributed by atoms with Crippen LogP contribution in [0.25, 0.3) is 22.0 Å². The van der Waals surface area contributed by atoms with Gasteiger partial charge in [0.2, 0.25) is 5.43 Å². The number of nitrogens with two attached hydrogens (primary N) is 1. The Balaban J connectivity index is 1.42. The number of fused-ring (bicyclic) bond motifs is 1. The number of halogens is 3. The maximum atomic E-state index is 15.2. The van der Waals surface area contributed by atoms with Gasteiger partial charge >= 0.3 is 0 Å². The third-order valence-electron chi connectivity index (χ3n) is 6.64. The summed E-state index contributed by atoms with van der Waals surface area (Å²) in [5, 5.41) is 3.42. The summed E-state index contributed by atoms with van der Waals surface area (Å²) in [6, 6.07) is 23.3. The highest BCUT2D eigenvalue weighted by Gasteiger charge is 2.17. The lowest BCUT2D eigenvalue weighted by Gasteiger charge is -2.17. The second-order valence-electron chi connectivity index (χ2n) is 9.43. The summed E-state index contributed by atoms with van der Waals surface area (Å²) in [7, 11) is 0. The minimum Gasteiger partial charge on any atom is -0.453 e. The summed E-state index contributed by atoms with van der Waals surface area (Å²) in [5.74, 6) is -0.103. The lowest BCUT2D eigenvalue weighted by molar-refractivity contribution is 0.440. The minimum absolute atomic E-state index is 0.00115. The highest BCUT2D eigenvalue weighted by molar-refractivity contribution is 14.1. The molecule has 42 heavy (non-hydrogen) atoms. The highest BCUT2D eigenvalue weighted by atomic mass is 127. The molecular formula is C32H22F2IN5O2. The third-order valence-corrected chi connectivity index (χ3v) is 7.73. The Morgan fingerprint density at radius 3 is 2.43 bits per heavy atom. The summed E-state index contributed by atoms with van der Waals surface area (Å²) in [6.07, 6.45) is 4.85. The average molecular weight is 673 g/mol. The van der Waals surface area contributed by atoms with Crippen molar-refractivity contribution >= 4 is 50.8 Å². The van der Waals surface area contributed by atoms with Gasteiger partial charge in [-0.25, -0.2) is 18.7 Å². The van der Waals surface area contributed by atoms with Crippen LogP contribution in [0.15, 0.2) is 108 Å². The van der Waals surface area contributed by atoms with E-state index in [2.05, 4.69) is 15.3 Å². The number of rotatable bonds is 7. The second kappa shape index (κ2) is 11.6. The summed E-state index contributed by atoms with van der Waals surface area (Å²) in [6.45, 7) is 0.480. The Hall–Kier alpha value is -4.84. The lowest BCUT2D eigenvalue weighted by atomic mass is 10.0. The van der Waals surface area contributed by atoms with Crippen molar-refractivity contribution in [1.29, 1.82) is 0 Å². The van der Waals surface area contributed by atoms with Gasteiger partial charge in [0.25, 0.3) is 0 Å². The van der Waals surface area contributed by atoms with Crippen molar-refractivity contribution in [1.82, 2.24) is 14.5 Å². The molecule has 7 nitrogen and oxygen atoms in total. The van der Waals surface area contributed by atoms with Gasteiger partial charge in [-0.2, -0.15) is 0 Å². The van der Waals surface area contributed by atoms with Gasteiger partial charge in [0.1, 0.15) is 23.2 Å². The van der Waals surface area contributed by atoms with Crippen LogP contribution in [0.3, 0.4) is 0 Å². The van der Waals surface area contributed by atoms with Gasteiger partial charge in [-0.15, -0.1) is 0 Å². The Bertz CT molecular complexity index is 1980. The second-order valence-corrected chi connectivity index (χ2v) is 10.5. The number of hydrogen-bond donors (Lipinski definition) is 2. The van der Waals surface area contributed by atoms with Crippen LogP contribution in [0, 0.1) is 15.2 Å². The number of benzene rings is 3. The van der Waals surface area contributed by atoms with E-state index in [9.17, 15) is 9.18 Å². The number of aromatic nitrogens is 3. The highest BCUT2D eigenvalue weighted by Crippen LogP contribution is 2.33. The van der Waals surface area contributed by atoms with E-state index in [1.807, 2.05) is 57.5 Å². The van der Waals surface area contributed by atoms with Crippen molar-refractivity contribution in [3.8, 4) is 22.6 Å². The molecule has 0 bridgehead atoms. The number of nitrogens with one attached hydrogen (secondary N) is 1. The molecule has 0 fully saturated rings. The zero-order valence-electron chi connectivity index (χ0n) is 21.9. The van der Waals surface area contributed by atoms with Crippen LogP contribution in [-0.2, 0) is 6.54 Å². The zero-order chi connectivity index (χ0) is 29.2. The molecule has 0 radical (unpaired) electrons. The van der Waals surface area contributed by atoms with Gasteiger partial charge in [-0.3, -0.25) is 4.79 Å². The van der Waals surface area contributed by atoms with E-state index < -0.39 is 11.6 Å². The molecule has 0 spiro atoms. The molecule has 0 aliphatic heterocycles. The van der Waals surface area contributed by atoms with E-state index in [0.717, 1.165) is 5.56 Å². The largest absolute Gasteiger partial charge is 0.453 e. The quantitative estimate of drug-likeness (QED) is 0.171. The molecule has 3 heterocycles. The third kappa shape index (κ3) is 5.53. The minimum atomic E-state index is -0.625. The maximum Gasteiger partial charge on any atom is 0.200 e. The Morgan fingerprint density at radius 1 is 0.905 bits per heavy atom. The van der Waals surface area contributed by atoms with Gasteiger partial charge < -0.3 is 20.4 Å². The first-order valence-electron chi connectivity index (χ1n) is 12.8. The molecule has 0 unspecified atom stereocenters. The van der Waals surface area contributed by atoms with Crippen molar-refractivity contribution in [3.63, 3.8) is 0 Å². The van der Waals surface area contributed by atoms with Crippen LogP contribution >= 0.6 is 22.6 Å². The lowest BCUT2D eigenvalue weighted by Crippen LogP contribution is -2.15. The molecule has 0 saturated carbocycles. The molecule has 3 N–H and O–H groups in total. The smallest absolute Gasteiger partial charge is 0.200 e. The number of pyridine rings is 3. The van der Waals surface area contributed by atoms with Gasteiger partial charge in [-0.1, -0.05) is 42.5 Å². The Kier molecular flexibility index (Phi) is 7.53. The van der Waals surface area contributed by atoms with Crippen molar-refractivity contribution in [2.24, 2.45) is 0 Å². The van der Waals surface area contributed by atoms with E-state index in [-0.39, 0.29) is 22.8 Å². The summed E-state index contributed by atoms with van der Waals surface area (Å²) >= 11 is 1.99. The fourth-order valence-electron chi connectivity index (χ4n) is 4.61. The van der Waals surface area contributed by atoms with Gasteiger partial charge in [-0.05, 0) is 64.0 Å². The topological polar surface area (TPSA) is 95.1 Å². The predicted molar refractivity (Wildman–Crippen MR) is 168 cm³/mol. The van der Waals surface area contributed by atoms with Crippen molar-refractivity contribution in [2.45, 2.75) is 6.54 Å². The predicted octanol–water partition coefficient (Wildman–Crippen LogP) is 7.51. The Labute approximate surface area is 252 Å². The molecule has 0 amide bonds. The van der Waals surface area contributed by atoms with Crippen LogP contribution < -0.4 is 21.2 Å². The van der Waals surface area contributed by atoms with E-state index in [1.54, 1.807) is 42.7 Å². The van der Waals surface area contributed by atoms with Crippen LogP contribution in [0.4, 0.5) is 26.1 Å². The van der Waals surface area contributed by atoms with Crippen LogP contribution in [0.2, 0.25) is 0 Å². The van der Waals surface area contributed by atoms with Gasteiger partial charge in [0.05, 0.1) is 14.5 Å². The zero-order valence-corrected chi connectivity index (χ0v) is 24.0.